The third-order valence-corrected chi connectivity index (χ3v) is 5.51. The third kappa shape index (κ3) is 4.71. The Morgan fingerprint density at radius 3 is 2.39 bits per heavy atom. The molecule has 1 saturated heterocycles. The molecular formula is C24H24N2O5. The lowest BCUT2D eigenvalue weighted by Crippen LogP contribution is -2.49. The fourth-order valence-corrected chi connectivity index (χ4v) is 3.78. The summed E-state index contributed by atoms with van der Waals surface area (Å²) in [6, 6.07) is 18.5. The molecular weight excluding hydrogens is 396 g/mol. The second kappa shape index (κ2) is 8.95. The molecule has 3 aromatic carbocycles. The first kappa shape index (κ1) is 20.5. The molecule has 31 heavy (non-hydrogen) atoms. The van der Waals surface area contributed by atoms with E-state index in [9.17, 15) is 19.8 Å². The number of carbonyl (C=O) groups is 2. The lowest BCUT2D eigenvalue weighted by atomic mass is 10.1. The van der Waals surface area contributed by atoms with E-state index in [0.717, 1.165) is 22.2 Å². The van der Waals surface area contributed by atoms with Gasteiger partial charge >= 0.3 is 5.97 Å². The highest BCUT2D eigenvalue weighted by Gasteiger charge is 2.22. The van der Waals surface area contributed by atoms with Crippen LogP contribution in [0.1, 0.15) is 16.8 Å². The van der Waals surface area contributed by atoms with Gasteiger partial charge in [-0.15, -0.1) is 0 Å². The molecule has 0 unspecified atom stereocenters. The second-order valence-electron chi connectivity index (χ2n) is 7.48. The van der Waals surface area contributed by atoms with Crippen molar-refractivity contribution in [2.24, 2.45) is 0 Å². The molecule has 1 heterocycles. The maximum absolute atomic E-state index is 12.5. The monoisotopic (exact) mass is 420 g/mol. The van der Waals surface area contributed by atoms with E-state index in [-0.39, 0.29) is 17.2 Å². The van der Waals surface area contributed by atoms with Crippen LogP contribution in [0, 0.1) is 0 Å². The zero-order chi connectivity index (χ0) is 21.8. The number of ether oxygens (including phenoxy) is 1. The van der Waals surface area contributed by atoms with Gasteiger partial charge in [-0.25, -0.2) is 4.79 Å². The van der Waals surface area contributed by atoms with Crippen molar-refractivity contribution in [1.82, 2.24) is 4.90 Å². The standard InChI is InChI=1S/C24H24N2O5/c27-22-8-6-19(16-21(22)24(29)30)25-10-12-26(13-11-25)23(28)9-14-31-20-7-5-17-3-1-2-4-18(17)15-20/h1-8,15-16,27H,9-14H2,(H,29,30). The summed E-state index contributed by atoms with van der Waals surface area (Å²) >= 11 is 0. The first-order chi connectivity index (χ1) is 15.0. The van der Waals surface area contributed by atoms with Crippen LogP contribution >= 0.6 is 0 Å². The van der Waals surface area contributed by atoms with Crippen LogP contribution in [-0.4, -0.2) is 59.8 Å². The van der Waals surface area contributed by atoms with E-state index in [4.69, 9.17) is 4.74 Å². The molecule has 4 rings (SSSR count). The molecule has 0 atom stereocenters. The van der Waals surface area contributed by atoms with Gasteiger partial charge in [0.15, 0.2) is 0 Å². The van der Waals surface area contributed by atoms with E-state index < -0.39 is 5.97 Å². The molecule has 0 spiro atoms. The second-order valence-corrected chi connectivity index (χ2v) is 7.48. The summed E-state index contributed by atoms with van der Waals surface area (Å²) < 4.78 is 5.78. The highest BCUT2D eigenvalue weighted by atomic mass is 16.5. The van der Waals surface area contributed by atoms with Gasteiger partial charge in [0.1, 0.15) is 17.1 Å². The minimum absolute atomic E-state index is 0.0392. The molecule has 1 fully saturated rings. The number of hydrogen-bond acceptors (Lipinski definition) is 5. The van der Waals surface area contributed by atoms with E-state index in [1.807, 2.05) is 47.4 Å². The van der Waals surface area contributed by atoms with E-state index in [1.165, 1.54) is 12.1 Å². The minimum Gasteiger partial charge on any atom is -0.507 e. The van der Waals surface area contributed by atoms with Crippen LogP contribution in [0.25, 0.3) is 10.8 Å². The van der Waals surface area contributed by atoms with Crippen molar-refractivity contribution in [1.29, 1.82) is 0 Å². The Morgan fingerprint density at radius 1 is 0.903 bits per heavy atom. The molecule has 1 aliphatic rings. The smallest absolute Gasteiger partial charge is 0.339 e. The first-order valence-corrected chi connectivity index (χ1v) is 10.2. The number of aromatic hydroxyl groups is 1. The average Bonchev–Trinajstić information content (AvgIpc) is 2.79. The molecule has 0 aromatic heterocycles. The van der Waals surface area contributed by atoms with Crippen molar-refractivity contribution in [2.45, 2.75) is 6.42 Å². The molecule has 0 aliphatic carbocycles. The summed E-state index contributed by atoms with van der Waals surface area (Å²) in [4.78, 5) is 27.6. The average molecular weight is 420 g/mol. The van der Waals surface area contributed by atoms with Crippen LogP contribution < -0.4 is 9.64 Å². The Morgan fingerprint density at radius 2 is 1.65 bits per heavy atom. The quantitative estimate of drug-likeness (QED) is 0.636. The number of carboxylic acids is 1. The van der Waals surface area contributed by atoms with Gasteiger partial charge in [0.25, 0.3) is 0 Å². The van der Waals surface area contributed by atoms with Crippen molar-refractivity contribution in [3.63, 3.8) is 0 Å². The van der Waals surface area contributed by atoms with Gasteiger partial charge in [0.2, 0.25) is 5.91 Å². The van der Waals surface area contributed by atoms with Crippen LogP contribution in [0.5, 0.6) is 11.5 Å². The van der Waals surface area contributed by atoms with Gasteiger partial charge in [0.05, 0.1) is 13.0 Å². The molecule has 1 aliphatic heterocycles. The normalized spacial score (nSPS) is 13.9. The number of carboxylic acid groups (broad SMARTS) is 1. The number of benzene rings is 3. The summed E-state index contributed by atoms with van der Waals surface area (Å²) in [6.07, 6.45) is 0.301. The van der Waals surface area contributed by atoms with Crippen LogP contribution in [0.4, 0.5) is 5.69 Å². The van der Waals surface area contributed by atoms with Gasteiger partial charge in [-0.1, -0.05) is 30.3 Å². The van der Waals surface area contributed by atoms with E-state index in [2.05, 4.69) is 0 Å². The third-order valence-electron chi connectivity index (χ3n) is 5.51. The van der Waals surface area contributed by atoms with Crippen LogP contribution in [0.3, 0.4) is 0 Å². The van der Waals surface area contributed by atoms with Gasteiger partial charge in [-0.2, -0.15) is 0 Å². The molecule has 7 heteroatoms. The summed E-state index contributed by atoms with van der Waals surface area (Å²) in [5, 5.41) is 21.1. The Kier molecular flexibility index (Phi) is 5.93. The predicted molar refractivity (Wildman–Crippen MR) is 118 cm³/mol. The summed E-state index contributed by atoms with van der Waals surface area (Å²) in [5.74, 6) is -0.633. The maximum Gasteiger partial charge on any atom is 0.339 e. The molecule has 160 valence electrons. The van der Waals surface area contributed by atoms with Gasteiger partial charge in [-0.05, 0) is 41.1 Å². The molecule has 0 radical (unpaired) electrons. The largest absolute Gasteiger partial charge is 0.507 e. The van der Waals surface area contributed by atoms with Crippen LogP contribution in [-0.2, 0) is 4.79 Å². The van der Waals surface area contributed by atoms with Crippen molar-refractivity contribution in [3.05, 3.63) is 66.2 Å². The van der Waals surface area contributed by atoms with Crippen molar-refractivity contribution >= 4 is 28.3 Å². The SMILES string of the molecule is O=C(O)c1cc(N2CCN(C(=O)CCOc3ccc4ccccc4c3)CC2)ccc1O. The Labute approximate surface area is 180 Å². The highest BCUT2D eigenvalue weighted by molar-refractivity contribution is 5.92. The Bertz CT molecular complexity index is 1110. The predicted octanol–water partition coefficient (Wildman–Crippen LogP) is 3.36. The fourth-order valence-electron chi connectivity index (χ4n) is 3.78. The number of anilines is 1. The van der Waals surface area contributed by atoms with Crippen molar-refractivity contribution in [3.8, 4) is 11.5 Å². The topological polar surface area (TPSA) is 90.3 Å². The number of aromatic carboxylic acids is 1. The van der Waals surface area contributed by atoms with E-state index >= 15 is 0 Å². The maximum atomic E-state index is 12.5. The van der Waals surface area contributed by atoms with Gasteiger partial charge < -0.3 is 24.7 Å². The first-order valence-electron chi connectivity index (χ1n) is 10.2. The Hall–Kier alpha value is -3.74. The van der Waals surface area contributed by atoms with Gasteiger partial charge in [-0.3, -0.25) is 4.79 Å². The van der Waals surface area contributed by atoms with Crippen molar-refractivity contribution < 1.29 is 24.5 Å². The van der Waals surface area contributed by atoms with E-state index in [0.29, 0.717) is 39.2 Å². The fraction of sp³-hybridized carbons (Fsp3) is 0.250. The Balaban J connectivity index is 1.27. The molecule has 1 amide bonds. The highest BCUT2D eigenvalue weighted by Crippen LogP contribution is 2.25. The minimum atomic E-state index is -1.17. The number of rotatable bonds is 6. The summed E-state index contributed by atoms with van der Waals surface area (Å²) in [5.41, 5.74) is 0.601. The lowest BCUT2D eigenvalue weighted by Gasteiger charge is -2.36. The lowest BCUT2D eigenvalue weighted by molar-refractivity contribution is -0.132. The van der Waals surface area contributed by atoms with Crippen LogP contribution in [0.15, 0.2) is 60.7 Å². The molecule has 0 bridgehead atoms. The molecule has 7 nitrogen and oxygen atoms in total. The zero-order valence-corrected chi connectivity index (χ0v) is 17.0. The summed E-state index contributed by atoms with van der Waals surface area (Å²) in [7, 11) is 0. The zero-order valence-electron chi connectivity index (χ0n) is 17.0. The molecule has 0 saturated carbocycles. The number of hydrogen-bond donors (Lipinski definition) is 2. The van der Waals surface area contributed by atoms with E-state index in [1.54, 1.807) is 11.0 Å². The molecule has 2 N–H and O–H groups in total. The number of phenols is 1. The number of fused-ring (bicyclic) bond motifs is 1. The number of nitrogens with zero attached hydrogens (tertiary/aromatic N) is 2. The van der Waals surface area contributed by atoms with Crippen LogP contribution in [0.2, 0.25) is 0 Å². The molecule has 3 aromatic rings. The van der Waals surface area contributed by atoms with Gasteiger partial charge in [0, 0.05) is 31.9 Å². The summed E-state index contributed by atoms with van der Waals surface area (Å²) in [6.45, 7) is 2.62. The number of amides is 1. The number of piperazine rings is 1. The number of carbonyl (C=O) groups excluding carboxylic acids is 1. The van der Waals surface area contributed by atoms with Crippen molar-refractivity contribution in [2.75, 3.05) is 37.7 Å².